The van der Waals surface area contributed by atoms with E-state index in [9.17, 15) is 9.59 Å². The van der Waals surface area contributed by atoms with E-state index in [2.05, 4.69) is 10.3 Å². The van der Waals surface area contributed by atoms with Crippen LogP contribution in [0.5, 0.6) is 0 Å². The van der Waals surface area contributed by atoms with E-state index >= 15 is 0 Å². The number of aryl methyl sites for hydroxylation is 1. The van der Waals surface area contributed by atoms with Gasteiger partial charge in [-0.15, -0.1) is 11.3 Å². The molecule has 1 aromatic rings. The zero-order chi connectivity index (χ0) is 14.7. The van der Waals surface area contributed by atoms with Gasteiger partial charge in [0, 0.05) is 18.3 Å². The van der Waals surface area contributed by atoms with Crippen molar-refractivity contribution >= 4 is 23.2 Å². The highest BCUT2D eigenvalue weighted by Gasteiger charge is 2.40. The summed E-state index contributed by atoms with van der Waals surface area (Å²) in [5.74, 6) is -1.61. The summed E-state index contributed by atoms with van der Waals surface area (Å²) in [6, 6.07) is 0. The minimum atomic E-state index is -0.857. The highest BCUT2D eigenvalue weighted by molar-refractivity contribution is 7.09. The maximum Gasteiger partial charge on any atom is 0.307 e. The molecule has 1 aromatic heterocycles. The molecular formula is C14H20N2O3S. The lowest BCUT2D eigenvalue weighted by Crippen LogP contribution is -2.36. The van der Waals surface area contributed by atoms with E-state index in [1.54, 1.807) is 11.3 Å². The molecular weight excluding hydrogens is 276 g/mol. The number of nitrogens with zero attached hydrogens (tertiary/aromatic N) is 1. The van der Waals surface area contributed by atoms with Crippen molar-refractivity contribution in [3.63, 3.8) is 0 Å². The fourth-order valence-electron chi connectivity index (χ4n) is 2.82. The third-order valence-electron chi connectivity index (χ3n) is 3.80. The molecule has 0 saturated heterocycles. The zero-order valence-electron chi connectivity index (χ0n) is 11.8. The van der Waals surface area contributed by atoms with Crippen LogP contribution < -0.4 is 5.32 Å². The number of thiazole rings is 1. The molecule has 1 aliphatic rings. The molecule has 0 radical (unpaired) electrons. The van der Waals surface area contributed by atoms with Crippen molar-refractivity contribution in [2.24, 2.45) is 17.8 Å². The number of aliphatic carboxylic acids is 1. The van der Waals surface area contributed by atoms with Gasteiger partial charge in [0.25, 0.3) is 0 Å². The van der Waals surface area contributed by atoms with Crippen LogP contribution in [0.2, 0.25) is 0 Å². The number of carbonyl (C=O) groups excluding carboxylic acids is 1. The molecule has 1 aliphatic carbocycles. The van der Waals surface area contributed by atoms with Crippen LogP contribution in [0.15, 0.2) is 5.38 Å². The molecule has 20 heavy (non-hydrogen) atoms. The van der Waals surface area contributed by atoms with Gasteiger partial charge in [0.05, 0.1) is 22.5 Å². The highest BCUT2D eigenvalue weighted by atomic mass is 32.1. The van der Waals surface area contributed by atoms with E-state index in [1.165, 1.54) is 0 Å². The third kappa shape index (κ3) is 3.56. The number of amides is 1. The van der Waals surface area contributed by atoms with Gasteiger partial charge in [0.2, 0.25) is 5.91 Å². The van der Waals surface area contributed by atoms with Gasteiger partial charge in [-0.3, -0.25) is 9.59 Å². The average Bonchev–Trinajstić information content (AvgIpc) is 2.95. The molecule has 3 unspecified atom stereocenters. The number of rotatable bonds is 5. The number of hydrogen-bond acceptors (Lipinski definition) is 4. The Morgan fingerprint density at radius 1 is 1.45 bits per heavy atom. The highest BCUT2D eigenvalue weighted by Crippen LogP contribution is 2.36. The fourth-order valence-corrected chi connectivity index (χ4v) is 3.47. The van der Waals surface area contributed by atoms with Crippen molar-refractivity contribution < 1.29 is 14.7 Å². The lowest BCUT2D eigenvalue weighted by Gasteiger charge is -2.15. The first-order valence-electron chi connectivity index (χ1n) is 6.89. The lowest BCUT2D eigenvalue weighted by atomic mass is 9.95. The minimum absolute atomic E-state index is 0.131. The number of nitrogens with one attached hydrogen (secondary N) is 1. The molecule has 1 heterocycles. The molecule has 6 heteroatoms. The number of hydrogen-bond donors (Lipinski definition) is 2. The van der Waals surface area contributed by atoms with Crippen molar-refractivity contribution in [2.75, 3.05) is 6.54 Å². The molecule has 1 fully saturated rings. The molecule has 0 aliphatic heterocycles. The summed E-state index contributed by atoms with van der Waals surface area (Å²) >= 11 is 1.59. The van der Waals surface area contributed by atoms with Crippen LogP contribution in [0.25, 0.3) is 0 Å². The maximum absolute atomic E-state index is 12.1. The van der Waals surface area contributed by atoms with Gasteiger partial charge in [-0.2, -0.15) is 0 Å². The van der Waals surface area contributed by atoms with E-state index in [-0.39, 0.29) is 11.8 Å². The molecule has 110 valence electrons. The zero-order valence-corrected chi connectivity index (χ0v) is 12.6. The third-order valence-corrected chi connectivity index (χ3v) is 4.62. The first kappa shape index (κ1) is 15.0. The second-order valence-corrected chi connectivity index (χ2v) is 6.59. The SMILES string of the molecule is Cc1nc(CCNC(=O)C2CC(C)CC2C(=O)O)cs1. The molecule has 2 N–H and O–H groups in total. The van der Waals surface area contributed by atoms with Gasteiger partial charge >= 0.3 is 5.97 Å². The smallest absolute Gasteiger partial charge is 0.307 e. The second-order valence-electron chi connectivity index (χ2n) is 5.53. The summed E-state index contributed by atoms with van der Waals surface area (Å²) in [5, 5.41) is 15.0. The Morgan fingerprint density at radius 2 is 2.15 bits per heavy atom. The lowest BCUT2D eigenvalue weighted by molar-refractivity contribution is -0.146. The largest absolute Gasteiger partial charge is 0.481 e. The standard InChI is InChI=1S/C14H20N2O3S/c1-8-5-11(12(6-8)14(18)19)13(17)15-4-3-10-7-20-9(2)16-10/h7-8,11-12H,3-6H2,1-2H3,(H,15,17)(H,18,19). The summed E-state index contributed by atoms with van der Waals surface area (Å²) in [7, 11) is 0. The van der Waals surface area contributed by atoms with Gasteiger partial charge in [0.15, 0.2) is 0 Å². The van der Waals surface area contributed by atoms with Crippen LogP contribution in [0.1, 0.15) is 30.5 Å². The van der Waals surface area contributed by atoms with Crippen LogP contribution in [0.3, 0.4) is 0 Å². The molecule has 0 aromatic carbocycles. The summed E-state index contributed by atoms with van der Waals surface area (Å²) in [5.41, 5.74) is 0.974. The molecule has 1 amide bonds. The number of carbonyl (C=O) groups is 2. The molecule has 2 rings (SSSR count). The summed E-state index contributed by atoms with van der Waals surface area (Å²) in [6.07, 6.45) is 1.95. The Morgan fingerprint density at radius 3 is 2.75 bits per heavy atom. The van der Waals surface area contributed by atoms with Crippen LogP contribution in [-0.2, 0) is 16.0 Å². The van der Waals surface area contributed by atoms with Gasteiger partial charge in [-0.1, -0.05) is 6.92 Å². The first-order valence-corrected chi connectivity index (χ1v) is 7.77. The van der Waals surface area contributed by atoms with Crippen molar-refractivity contribution in [1.29, 1.82) is 0 Å². The van der Waals surface area contributed by atoms with E-state index in [0.717, 1.165) is 10.7 Å². The van der Waals surface area contributed by atoms with E-state index in [1.807, 2.05) is 19.2 Å². The predicted molar refractivity (Wildman–Crippen MR) is 76.6 cm³/mol. The summed E-state index contributed by atoms with van der Waals surface area (Å²) < 4.78 is 0. The molecule has 1 saturated carbocycles. The van der Waals surface area contributed by atoms with Gasteiger partial charge in [0.1, 0.15) is 0 Å². The van der Waals surface area contributed by atoms with Crippen molar-refractivity contribution in [1.82, 2.24) is 10.3 Å². The Labute approximate surface area is 122 Å². The second kappa shape index (κ2) is 6.35. The van der Waals surface area contributed by atoms with E-state index in [4.69, 9.17) is 5.11 Å². The Hall–Kier alpha value is -1.43. The molecule has 5 nitrogen and oxygen atoms in total. The maximum atomic E-state index is 12.1. The van der Waals surface area contributed by atoms with Crippen LogP contribution >= 0.6 is 11.3 Å². The number of carboxylic acids is 1. The topological polar surface area (TPSA) is 79.3 Å². The minimum Gasteiger partial charge on any atom is -0.481 e. The van der Waals surface area contributed by atoms with Crippen molar-refractivity contribution in [3.8, 4) is 0 Å². The van der Waals surface area contributed by atoms with E-state index < -0.39 is 11.9 Å². The van der Waals surface area contributed by atoms with Crippen LogP contribution in [-0.4, -0.2) is 28.5 Å². The summed E-state index contributed by atoms with van der Waals surface area (Å²) in [4.78, 5) is 27.6. The van der Waals surface area contributed by atoms with Gasteiger partial charge in [-0.25, -0.2) is 4.98 Å². The number of aromatic nitrogens is 1. The van der Waals surface area contributed by atoms with E-state index in [0.29, 0.717) is 31.7 Å². The monoisotopic (exact) mass is 296 g/mol. The molecule has 3 atom stereocenters. The van der Waals surface area contributed by atoms with Gasteiger partial charge < -0.3 is 10.4 Å². The van der Waals surface area contributed by atoms with Crippen molar-refractivity contribution in [3.05, 3.63) is 16.1 Å². The Kier molecular flexibility index (Phi) is 4.75. The normalized spacial score (nSPS) is 25.6. The van der Waals surface area contributed by atoms with Crippen molar-refractivity contribution in [2.45, 2.75) is 33.1 Å². The molecule has 0 spiro atoms. The summed E-state index contributed by atoms with van der Waals surface area (Å²) in [6.45, 7) is 4.46. The quantitative estimate of drug-likeness (QED) is 0.869. The Balaban J connectivity index is 1.83. The average molecular weight is 296 g/mol. The molecule has 0 bridgehead atoms. The predicted octanol–water partition coefficient (Wildman–Crippen LogP) is 1.86. The van der Waals surface area contributed by atoms with Crippen LogP contribution in [0, 0.1) is 24.7 Å². The number of carboxylic acid groups (broad SMARTS) is 1. The van der Waals surface area contributed by atoms with Gasteiger partial charge in [-0.05, 0) is 25.7 Å². The fraction of sp³-hybridized carbons (Fsp3) is 0.643. The first-order chi connectivity index (χ1) is 9.47. The Bertz CT molecular complexity index is 500. The van der Waals surface area contributed by atoms with Crippen LogP contribution in [0.4, 0.5) is 0 Å².